The van der Waals surface area contributed by atoms with E-state index in [1.165, 1.54) is 17.2 Å². The van der Waals surface area contributed by atoms with Crippen LogP contribution in [0.1, 0.15) is 23.1 Å². The van der Waals surface area contributed by atoms with Crippen LogP contribution in [0.4, 0.5) is 4.39 Å². The molecule has 2 aromatic carbocycles. The highest BCUT2D eigenvalue weighted by molar-refractivity contribution is 5.34. The lowest BCUT2D eigenvalue weighted by Crippen LogP contribution is -2.52. The first-order chi connectivity index (χ1) is 14.6. The number of benzene rings is 2. The lowest BCUT2D eigenvalue weighted by atomic mass is 10.1. The van der Waals surface area contributed by atoms with Crippen LogP contribution in [0, 0.1) is 12.7 Å². The predicted octanol–water partition coefficient (Wildman–Crippen LogP) is 3.39. The van der Waals surface area contributed by atoms with Gasteiger partial charge in [0.1, 0.15) is 5.82 Å². The molecule has 0 radical (unpaired) electrons. The molecule has 1 atom stereocenters. The first kappa shape index (κ1) is 20.7. The van der Waals surface area contributed by atoms with E-state index in [2.05, 4.69) is 52.3 Å². The van der Waals surface area contributed by atoms with Crippen molar-refractivity contribution in [3.8, 4) is 5.69 Å². The molecule has 1 saturated heterocycles. The predicted molar refractivity (Wildman–Crippen MR) is 116 cm³/mol. The summed E-state index contributed by atoms with van der Waals surface area (Å²) >= 11 is 0. The smallest absolute Gasteiger partial charge is 0.127 e. The first-order valence-corrected chi connectivity index (χ1v) is 10.5. The highest BCUT2D eigenvalue weighted by Crippen LogP contribution is 2.20. The Morgan fingerprint density at radius 1 is 1.07 bits per heavy atom. The minimum Gasteiger partial charge on any atom is -0.396 e. The van der Waals surface area contributed by atoms with Gasteiger partial charge in [0.05, 0.1) is 11.9 Å². The molecule has 0 unspecified atom stereocenters. The molecular formula is C24H29FN4O. The maximum Gasteiger partial charge on any atom is 0.127 e. The zero-order valence-corrected chi connectivity index (χ0v) is 17.4. The molecule has 1 aliphatic rings. The summed E-state index contributed by atoms with van der Waals surface area (Å²) in [5.41, 5.74) is 4.17. The first-order valence-electron chi connectivity index (χ1n) is 10.5. The summed E-state index contributed by atoms with van der Waals surface area (Å²) in [4.78, 5) is 4.69. The average Bonchev–Trinajstić information content (AvgIpc) is 3.20. The molecule has 2 heterocycles. The second kappa shape index (κ2) is 9.51. The van der Waals surface area contributed by atoms with Crippen LogP contribution in [0.25, 0.3) is 5.69 Å². The van der Waals surface area contributed by atoms with Crippen molar-refractivity contribution in [2.24, 2.45) is 0 Å². The zero-order valence-electron chi connectivity index (χ0n) is 17.4. The molecule has 0 bridgehead atoms. The van der Waals surface area contributed by atoms with Crippen molar-refractivity contribution in [2.75, 3.05) is 26.2 Å². The number of aromatic nitrogens is 2. The summed E-state index contributed by atoms with van der Waals surface area (Å²) in [5, 5.41) is 14.1. The number of nitrogens with zero attached hydrogens (tertiary/aromatic N) is 4. The monoisotopic (exact) mass is 408 g/mol. The van der Waals surface area contributed by atoms with Crippen molar-refractivity contribution in [1.82, 2.24) is 19.6 Å². The fraction of sp³-hybridized carbons (Fsp3) is 0.375. The zero-order chi connectivity index (χ0) is 20.9. The number of aryl methyl sites for hydroxylation is 1. The van der Waals surface area contributed by atoms with Crippen molar-refractivity contribution in [3.63, 3.8) is 0 Å². The number of halogens is 1. The Morgan fingerprint density at radius 3 is 2.63 bits per heavy atom. The Hall–Kier alpha value is -2.54. The van der Waals surface area contributed by atoms with Gasteiger partial charge >= 0.3 is 0 Å². The Bertz CT molecular complexity index is 956. The van der Waals surface area contributed by atoms with Gasteiger partial charge in [-0.3, -0.25) is 9.80 Å². The van der Waals surface area contributed by atoms with Crippen LogP contribution >= 0.6 is 0 Å². The highest BCUT2D eigenvalue weighted by atomic mass is 19.1. The Morgan fingerprint density at radius 2 is 1.87 bits per heavy atom. The molecule has 1 aliphatic heterocycles. The highest BCUT2D eigenvalue weighted by Gasteiger charge is 2.27. The number of rotatable bonds is 7. The van der Waals surface area contributed by atoms with Gasteiger partial charge in [0.2, 0.25) is 0 Å². The number of hydrogen-bond acceptors (Lipinski definition) is 4. The van der Waals surface area contributed by atoms with E-state index in [9.17, 15) is 9.50 Å². The maximum absolute atomic E-state index is 14.1. The fourth-order valence-electron chi connectivity index (χ4n) is 4.12. The summed E-state index contributed by atoms with van der Waals surface area (Å²) in [6, 6.07) is 15.5. The van der Waals surface area contributed by atoms with Crippen LogP contribution < -0.4 is 0 Å². The Kier molecular flexibility index (Phi) is 6.57. The number of hydrogen-bond donors (Lipinski definition) is 1. The standard InChI is InChI=1S/C24H29FN4O/c1-19-6-8-22(9-7-19)29-16-20(14-26-29)15-27-11-12-28(23(18-27)10-13-30)17-21-4-2-3-5-24(21)25/h2-9,14,16,23,30H,10-13,15,17-18H2,1H3/t23-/m1/s1. The van der Waals surface area contributed by atoms with E-state index in [1.807, 2.05) is 23.0 Å². The molecule has 0 spiro atoms. The van der Waals surface area contributed by atoms with Gasteiger partial charge in [-0.05, 0) is 31.5 Å². The summed E-state index contributed by atoms with van der Waals surface area (Å²) in [6.45, 7) is 6.23. The van der Waals surface area contributed by atoms with E-state index in [0.717, 1.165) is 31.9 Å². The Balaban J connectivity index is 1.39. The SMILES string of the molecule is Cc1ccc(-n2cc(CN3CCN(Cc4ccccc4F)[C@H](CCO)C3)cn2)cc1. The summed E-state index contributed by atoms with van der Waals surface area (Å²) in [6.07, 6.45) is 4.69. The third-order valence-electron chi connectivity index (χ3n) is 5.82. The van der Waals surface area contributed by atoms with Crippen LogP contribution in [0.3, 0.4) is 0 Å². The molecule has 5 nitrogen and oxygen atoms in total. The average molecular weight is 409 g/mol. The fourth-order valence-corrected chi connectivity index (χ4v) is 4.12. The summed E-state index contributed by atoms with van der Waals surface area (Å²) < 4.78 is 16.0. The van der Waals surface area contributed by atoms with Crippen molar-refractivity contribution < 1.29 is 9.50 Å². The largest absolute Gasteiger partial charge is 0.396 e. The van der Waals surface area contributed by atoms with Crippen molar-refractivity contribution in [2.45, 2.75) is 32.5 Å². The summed E-state index contributed by atoms with van der Waals surface area (Å²) in [5.74, 6) is -0.161. The number of aliphatic hydroxyl groups is 1. The van der Waals surface area contributed by atoms with E-state index < -0.39 is 0 Å². The van der Waals surface area contributed by atoms with Crippen molar-refractivity contribution in [3.05, 3.63) is 83.4 Å². The molecule has 6 heteroatoms. The van der Waals surface area contributed by atoms with Gasteiger partial charge in [0.25, 0.3) is 0 Å². The Labute approximate surface area is 177 Å². The quantitative estimate of drug-likeness (QED) is 0.651. The molecule has 30 heavy (non-hydrogen) atoms. The lowest BCUT2D eigenvalue weighted by molar-refractivity contribution is 0.0493. The number of piperazine rings is 1. The van der Waals surface area contributed by atoms with Crippen molar-refractivity contribution in [1.29, 1.82) is 0 Å². The van der Waals surface area contributed by atoms with Crippen LogP contribution in [0.15, 0.2) is 60.9 Å². The van der Waals surface area contributed by atoms with Gasteiger partial charge in [-0.15, -0.1) is 0 Å². The van der Waals surface area contributed by atoms with E-state index in [4.69, 9.17) is 0 Å². The molecule has 0 saturated carbocycles. The third-order valence-corrected chi connectivity index (χ3v) is 5.82. The molecule has 1 N–H and O–H groups in total. The van der Waals surface area contributed by atoms with Gasteiger partial charge in [-0.25, -0.2) is 9.07 Å². The van der Waals surface area contributed by atoms with Gasteiger partial charge in [-0.1, -0.05) is 35.9 Å². The second-order valence-electron chi connectivity index (χ2n) is 8.09. The topological polar surface area (TPSA) is 44.5 Å². The minimum atomic E-state index is -0.161. The maximum atomic E-state index is 14.1. The van der Waals surface area contributed by atoms with E-state index in [1.54, 1.807) is 6.07 Å². The van der Waals surface area contributed by atoms with Gasteiger partial charge < -0.3 is 5.11 Å². The van der Waals surface area contributed by atoms with E-state index >= 15 is 0 Å². The molecule has 3 aromatic rings. The molecule has 0 aliphatic carbocycles. The van der Waals surface area contributed by atoms with Gasteiger partial charge in [-0.2, -0.15) is 5.10 Å². The van der Waals surface area contributed by atoms with Crippen LogP contribution in [-0.4, -0.2) is 57.0 Å². The lowest BCUT2D eigenvalue weighted by Gasteiger charge is -2.41. The molecule has 4 rings (SSSR count). The molecule has 0 amide bonds. The van der Waals surface area contributed by atoms with Gasteiger partial charge in [0.15, 0.2) is 0 Å². The van der Waals surface area contributed by atoms with E-state index in [0.29, 0.717) is 18.5 Å². The van der Waals surface area contributed by atoms with Gasteiger partial charge in [0, 0.05) is 62.7 Å². The second-order valence-corrected chi connectivity index (χ2v) is 8.09. The third kappa shape index (κ3) is 4.95. The minimum absolute atomic E-state index is 0.137. The number of aliphatic hydroxyl groups excluding tert-OH is 1. The van der Waals surface area contributed by atoms with E-state index in [-0.39, 0.29) is 18.5 Å². The van der Waals surface area contributed by atoms with Crippen LogP contribution in [-0.2, 0) is 13.1 Å². The van der Waals surface area contributed by atoms with Crippen molar-refractivity contribution >= 4 is 0 Å². The molecular weight excluding hydrogens is 379 g/mol. The molecule has 1 fully saturated rings. The van der Waals surface area contributed by atoms with Crippen LogP contribution in [0.5, 0.6) is 0 Å². The molecule has 158 valence electrons. The van der Waals surface area contributed by atoms with Crippen LogP contribution in [0.2, 0.25) is 0 Å². The molecule has 1 aromatic heterocycles. The normalized spacial score (nSPS) is 18.0. The summed E-state index contributed by atoms with van der Waals surface area (Å²) in [7, 11) is 0.